The highest BCUT2D eigenvalue weighted by atomic mass is 35.5. The van der Waals surface area contributed by atoms with E-state index in [1.807, 2.05) is 30.3 Å². The Morgan fingerprint density at radius 2 is 1.90 bits per heavy atom. The summed E-state index contributed by atoms with van der Waals surface area (Å²) in [6.07, 6.45) is 0. The first-order valence-electron chi connectivity index (χ1n) is 7.10. The average Bonchev–Trinajstić information content (AvgIpc) is 2.52. The first kappa shape index (κ1) is 14.2. The van der Waals surface area contributed by atoms with Gasteiger partial charge in [-0.15, -0.1) is 0 Å². The third kappa shape index (κ3) is 3.49. The van der Waals surface area contributed by atoms with Crippen LogP contribution in [0.4, 0.5) is 0 Å². The summed E-state index contributed by atoms with van der Waals surface area (Å²) in [5, 5.41) is 4.26. The number of hydrogen-bond acceptors (Lipinski definition) is 3. The predicted octanol–water partition coefficient (Wildman–Crippen LogP) is 3.96. The van der Waals surface area contributed by atoms with Gasteiger partial charge < -0.3 is 14.8 Å². The summed E-state index contributed by atoms with van der Waals surface area (Å²) in [5.74, 6) is 1.66. The lowest BCUT2D eigenvalue weighted by molar-refractivity contribution is 0.171. The lowest BCUT2D eigenvalue weighted by atomic mass is 10.1. The zero-order valence-corrected chi connectivity index (χ0v) is 12.7. The normalized spacial score (nSPS) is 14.8. The molecule has 0 unspecified atom stereocenters. The minimum absolute atomic E-state index is 0.233. The summed E-state index contributed by atoms with van der Waals surface area (Å²) in [6, 6.07) is 14.2. The molecular formula is C17H18ClNO2. The molecule has 2 aromatic carbocycles. The lowest BCUT2D eigenvalue weighted by Crippen LogP contribution is -2.19. The van der Waals surface area contributed by atoms with Gasteiger partial charge in [0, 0.05) is 17.6 Å². The third-order valence-electron chi connectivity index (χ3n) is 3.57. The Morgan fingerprint density at radius 3 is 2.71 bits per heavy atom. The van der Waals surface area contributed by atoms with Crippen molar-refractivity contribution in [2.24, 2.45) is 0 Å². The molecule has 4 heteroatoms. The fraction of sp³-hybridized carbons (Fsp3) is 0.294. The molecule has 1 aliphatic heterocycles. The van der Waals surface area contributed by atoms with Crippen LogP contribution in [0, 0.1) is 0 Å². The average molecular weight is 304 g/mol. The van der Waals surface area contributed by atoms with Crippen LogP contribution in [-0.2, 0) is 6.54 Å². The van der Waals surface area contributed by atoms with E-state index in [-0.39, 0.29) is 6.04 Å². The Bertz CT molecular complexity index is 630. The minimum Gasteiger partial charge on any atom is -0.486 e. The van der Waals surface area contributed by atoms with Crippen LogP contribution in [0.25, 0.3) is 0 Å². The van der Waals surface area contributed by atoms with Crippen molar-refractivity contribution in [3.8, 4) is 11.5 Å². The molecule has 1 atom stereocenters. The number of hydrogen-bond donors (Lipinski definition) is 1. The van der Waals surface area contributed by atoms with Gasteiger partial charge in [-0.25, -0.2) is 0 Å². The molecule has 1 aliphatic rings. The van der Waals surface area contributed by atoms with Gasteiger partial charge in [-0.2, -0.15) is 0 Å². The van der Waals surface area contributed by atoms with Crippen molar-refractivity contribution in [2.75, 3.05) is 13.2 Å². The van der Waals surface area contributed by atoms with E-state index in [9.17, 15) is 0 Å². The van der Waals surface area contributed by atoms with E-state index in [1.165, 1.54) is 11.1 Å². The van der Waals surface area contributed by atoms with Crippen LogP contribution in [-0.4, -0.2) is 13.2 Å². The maximum absolute atomic E-state index is 6.03. The zero-order chi connectivity index (χ0) is 14.7. The molecule has 0 bridgehead atoms. The van der Waals surface area contributed by atoms with E-state index < -0.39 is 0 Å². The molecule has 110 valence electrons. The van der Waals surface area contributed by atoms with Crippen LogP contribution in [0.15, 0.2) is 42.5 Å². The van der Waals surface area contributed by atoms with Crippen molar-refractivity contribution in [3.63, 3.8) is 0 Å². The summed E-state index contributed by atoms with van der Waals surface area (Å²) in [5.41, 5.74) is 2.35. The minimum atomic E-state index is 0.233. The predicted molar refractivity (Wildman–Crippen MR) is 84.1 cm³/mol. The standard InChI is InChI=1S/C17H18ClNO2/c1-12(14-3-2-4-15(18)10-14)19-11-13-5-6-16-17(9-13)21-8-7-20-16/h2-6,9-10,12,19H,7-8,11H2,1H3/t12-/m1/s1. The van der Waals surface area contributed by atoms with Crippen LogP contribution in [0.5, 0.6) is 11.5 Å². The van der Waals surface area contributed by atoms with Crippen LogP contribution in [0.1, 0.15) is 24.1 Å². The number of nitrogens with one attached hydrogen (secondary N) is 1. The van der Waals surface area contributed by atoms with Crippen molar-refractivity contribution in [3.05, 3.63) is 58.6 Å². The second kappa shape index (κ2) is 6.37. The highest BCUT2D eigenvalue weighted by Gasteiger charge is 2.12. The van der Waals surface area contributed by atoms with E-state index in [4.69, 9.17) is 21.1 Å². The second-order valence-corrected chi connectivity index (χ2v) is 5.57. The Labute approximate surface area is 129 Å². The molecular weight excluding hydrogens is 286 g/mol. The van der Waals surface area contributed by atoms with Gasteiger partial charge in [0.05, 0.1) is 0 Å². The molecule has 1 heterocycles. The summed E-state index contributed by atoms with van der Waals surface area (Å²) >= 11 is 6.03. The molecule has 1 N–H and O–H groups in total. The summed E-state index contributed by atoms with van der Waals surface area (Å²) in [6.45, 7) is 4.13. The van der Waals surface area contributed by atoms with Gasteiger partial charge in [-0.3, -0.25) is 0 Å². The maximum atomic E-state index is 6.03. The summed E-state index contributed by atoms with van der Waals surface area (Å²) in [4.78, 5) is 0. The van der Waals surface area contributed by atoms with E-state index in [1.54, 1.807) is 0 Å². The molecule has 0 saturated heterocycles. The van der Waals surface area contributed by atoms with Gasteiger partial charge in [0.15, 0.2) is 11.5 Å². The van der Waals surface area contributed by atoms with Gasteiger partial charge in [-0.05, 0) is 42.3 Å². The molecule has 21 heavy (non-hydrogen) atoms. The fourth-order valence-electron chi connectivity index (χ4n) is 2.36. The number of ether oxygens (including phenoxy) is 2. The van der Waals surface area contributed by atoms with Gasteiger partial charge in [0.2, 0.25) is 0 Å². The van der Waals surface area contributed by atoms with Crippen molar-refractivity contribution >= 4 is 11.6 Å². The van der Waals surface area contributed by atoms with E-state index in [0.29, 0.717) is 13.2 Å². The van der Waals surface area contributed by atoms with Gasteiger partial charge in [0.25, 0.3) is 0 Å². The molecule has 0 amide bonds. The van der Waals surface area contributed by atoms with Crippen molar-refractivity contribution in [1.82, 2.24) is 5.32 Å². The van der Waals surface area contributed by atoms with Crippen LogP contribution < -0.4 is 14.8 Å². The Balaban J connectivity index is 1.64. The number of rotatable bonds is 4. The SMILES string of the molecule is C[C@@H](NCc1ccc2c(c1)OCCO2)c1cccc(Cl)c1. The maximum Gasteiger partial charge on any atom is 0.161 e. The molecule has 0 aromatic heterocycles. The topological polar surface area (TPSA) is 30.5 Å². The van der Waals surface area contributed by atoms with Crippen LogP contribution >= 0.6 is 11.6 Å². The summed E-state index contributed by atoms with van der Waals surface area (Å²) in [7, 11) is 0. The van der Waals surface area contributed by atoms with Crippen molar-refractivity contribution < 1.29 is 9.47 Å². The molecule has 0 fully saturated rings. The molecule has 2 aromatic rings. The third-order valence-corrected chi connectivity index (χ3v) is 3.80. The molecule has 0 spiro atoms. The van der Waals surface area contributed by atoms with Gasteiger partial charge >= 0.3 is 0 Å². The molecule has 0 radical (unpaired) electrons. The smallest absolute Gasteiger partial charge is 0.161 e. The number of benzene rings is 2. The molecule has 0 saturated carbocycles. The second-order valence-electron chi connectivity index (χ2n) is 5.14. The number of fused-ring (bicyclic) bond motifs is 1. The van der Waals surface area contributed by atoms with Gasteiger partial charge in [-0.1, -0.05) is 29.8 Å². The Hall–Kier alpha value is -1.71. The van der Waals surface area contributed by atoms with Crippen LogP contribution in [0.2, 0.25) is 5.02 Å². The quantitative estimate of drug-likeness (QED) is 0.927. The first-order valence-corrected chi connectivity index (χ1v) is 7.47. The fourth-order valence-corrected chi connectivity index (χ4v) is 2.56. The molecule has 0 aliphatic carbocycles. The lowest BCUT2D eigenvalue weighted by Gasteiger charge is -2.20. The zero-order valence-electron chi connectivity index (χ0n) is 11.9. The van der Waals surface area contributed by atoms with Crippen LogP contribution in [0.3, 0.4) is 0 Å². The molecule has 3 nitrogen and oxygen atoms in total. The first-order chi connectivity index (χ1) is 10.2. The summed E-state index contributed by atoms with van der Waals surface area (Å²) < 4.78 is 11.1. The van der Waals surface area contributed by atoms with Gasteiger partial charge in [0.1, 0.15) is 13.2 Å². The van der Waals surface area contributed by atoms with Crippen molar-refractivity contribution in [1.29, 1.82) is 0 Å². The highest BCUT2D eigenvalue weighted by Crippen LogP contribution is 2.30. The van der Waals surface area contributed by atoms with E-state index in [0.717, 1.165) is 23.1 Å². The van der Waals surface area contributed by atoms with E-state index >= 15 is 0 Å². The Kier molecular flexibility index (Phi) is 4.32. The largest absolute Gasteiger partial charge is 0.486 e. The van der Waals surface area contributed by atoms with E-state index in [2.05, 4.69) is 24.4 Å². The number of halogens is 1. The Morgan fingerprint density at radius 1 is 1.10 bits per heavy atom. The molecule has 3 rings (SSSR count). The monoisotopic (exact) mass is 303 g/mol. The van der Waals surface area contributed by atoms with Crippen molar-refractivity contribution in [2.45, 2.75) is 19.5 Å². The highest BCUT2D eigenvalue weighted by molar-refractivity contribution is 6.30.